The van der Waals surface area contributed by atoms with Crippen molar-refractivity contribution in [3.8, 4) is 0 Å². The predicted octanol–water partition coefficient (Wildman–Crippen LogP) is 1.86. The van der Waals surface area contributed by atoms with E-state index < -0.39 is 11.9 Å². The minimum atomic E-state index is -4.48. The number of aryl methyl sites for hydroxylation is 1. The summed E-state index contributed by atoms with van der Waals surface area (Å²) in [6, 6.07) is 0. The van der Waals surface area contributed by atoms with Gasteiger partial charge in [0.15, 0.2) is 11.3 Å². The van der Waals surface area contributed by atoms with E-state index in [0.29, 0.717) is 0 Å². The van der Waals surface area contributed by atoms with Crippen LogP contribution in [-0.4, -0.2) is 14.4 Å². The number of alkyl halides is 3. The maximum Gasteiger partial charge on any atom is 0.437 e. The van der Waals surface area contributed by atoms with E-state index in [9.17, 15) is 13.2 Å². The SMILES string of the molecule is Cc1cn2c[c]nc2c(C(F)(F)F)n1. The molecule has 2 aromatic heterocycles. The average molecular weight is 200 g/mol. The molecule has 0 aliphatic heterocycles. The Kier molecular flexibility index (Phi) is 1.73. The summed E-state index contributed by atoms with van der Waals surface area (Å²) < 4.78 is 38.6. The molecule has 2 rings (SSSR count). The molecule has 6 heteroatoms. The second kappa shape index (κ2) is 2.70. The standard InChI is InChI=1S/C8H5F3N3/c1-5-4-14-3-2-12-7(14)6(13-5)8(9,10)11/h3-4H,1H3. The Morgan fingerprint density at radius 3 is 2.79 bits per heavy atom. The largest absolute Gasteiger partial charge is 0.437 e. The van der Waals surface area contributed by atoms with E-state index >= 15 is 0 Å². The normalized spacial score (nSPS) is 12.3. The van der Waals surface area contributed by atoms with Crippen molar-refractivity contribution < 1.29 is 13.2 Å². The van der Waals surface area contributed by atoms with Crippen LogP contribution in [0.15, 0.2) is 12.4 Å². The fraction of sp³-hybridized carbons (Fsp3) is 0.250. The van der Waals surface area contributed by atoms with Gasteiger partial charge in [0.05, 0.1) is 5.69 Å². The van der Waals surface area contributed by atoms with Gasteiger partial charge in [-0.1, -0.05) is 0 Å². The monoisotopic (exact) mass is 200 g/mol. The molecule has 14 heavy (non-hydrogen) atoms. The van der Waals surface area contributed by atoms with Crippen LogP contribution in [0.5, 0.6) is 0 Å². The lowest BCUT2D eigenvalue weighted by molar-refractivity contribution is -0.140. The minimum absolute atomic E-state index is 0.219. The van der Waals surface area contributed by atoms with Crippen LogP contribution in [0, 0.1) is 13.1 Å². The Balaban J connectivity index is 2.80. The van der Waals surface area contributed by atoms with E-state index in [1.54, 1.807) is 0 Å². The summed E-state index contributed by atoms with van der Waals surface area (Å²) in [6.07, 6.45) is 0.670. The van der Waals surface area contributed by atoms with Crippen LogP contribution in [0.4, 0.5) is 13.2 Å². The number of hydrogen-bond donors (Lipinski definition) is 0. The van der Waals surface area contributed by atoms with Crippen molar-refractivity contribution in [2.45, 2.75) is 13.1 Å². The molecular formula is C8H5F3N3. The highest BCUT2D eigenvalue weighted by Gasteiger charge is 2.36. The lowest BCUT2D eigenvalue weighted by atomic mass is 10.4. The summed E-state index contributed by atoms with van der Waals surface area (Å²) in [6.45, 7) is 1.49. The first-order chi connectivity index (χ1) is 6.48. The Labute approximate surface area is 77.2 Å². The second-order valence-electron chi connectivity index (χ2n) is 2.83. The van der Waals surface area contributed by atoms with Crippen molar-refractivity contribution in [2.24, 2.45) is 0 Å². The number of nitrogens with zero attached hydrogens (tertiary/aromatic N) is 3. The molecule has 0 aromatic carbocycles. The van der Waals surface area contributed by atoms with E-state index in [2.05, 4.69) is 16.2 Å². The molecule has 0 N–H and O–H groups in total. The highest BCUT2D eigenvalue weighted by molar-refractivity contribution is 5.45. The van der Waals surface area contributed by atoms with Gasteiger partial charge >= 0.3 is 6.18 Å². The summed E-state index contributed by atoms with van der Waals surface area (Å²) in [7, 11) is 0. The zero-order valence-corrected chi connectivity index (χ0v) is 7.13. The first-order valence-electron chi connectivity index (χ1n) is 3.78. The number of hydrogen-bond acceptors (Lipinski definition) is 2. The van der Waals surface area contributed by atoms with Crippen LogP contribution in [0.2, 0.25) is 0 Å². The maximum absolute atomic E-state index is 12.4. The molecule has 1 radical (unpaired) electrons. The van der Waals surface area contributed by atoms with Crippen LogP contribution < -0.4 is 0 Å². The zero-order valence-electron chi connectivity index (χ0n) is 7.13. The van der Waals surface area contributed by atoms with Crippen molar-refractivity contribution in [3.05, 3.63) is 30.0 Å². The van der Waals surface area contributed by atoms with Gasteiger partial charge in [-0.3, -0.25) is 0 Å². The van der Waals surface area contributed by atoms with Crippen molar-refractivity contribution in [1.82, 2.24) is 14.4 Å². The lowest BCUT2D eigenvalue weighted by Crippen LogP contribution is -2.11. The van der Waals surface area contributed by atoms with Crippen LogP contribution in [0.3, 0.4) is 0 Å². The van der Waals surface area contributed by atoms with Crippen LogP contribution >= 0.6 is 0 Å². The molecule has 73 valence electrons. The van der Waals surface area contributed by atoms with Gasteiger partial charge in [0, 0.05) is 12.4 Å². The molecule has 0 aliphatic carbocycles. The molecule has 0 saturated carbocycles. The van der Waals surface area contributed by atoms with E-state index in [-0.39, 0.29) is 11.3 Å². The topological polar surface area (TPSA) is 30.2 Å². The molecule has 0 unspecified atom stereocenters. The fourth-order valence-electron chi connectivity index (χ4n) is 1.19. The molecule has 2 heterocycles. The maximum atomic E-state index is 12.4. The van der Waals surface area contributed by atoms with Gasteiger partial charge in [-0.05, 0) is 6.92 Å². The van der Waals surface area contributed by atoms with E-state index in [1.165, 1.54) is 23.7 Å². The summed E-state index contributed by atoms with van der Waals surface area (Å²) >= 11 is 0. The van der Waals surface area contributed by atoms with Crippen molar-refractivity contribution in [1.29, 1.82) is 0 Å². The van der Waals surface area contributed by atoms with Crippen LogP contribution in [-0.2, 0) is 6.18 Å². The first-order valence-corrected chi connectivity index (χ1v) is 3.78. The number of imidazole rings is 1. The van der Waals surface area contributed by atoms with E-state index in [0.717, 1.165) is 0 Å². The number of fused-ring (bicyclic) bond motifs is 1. The molecule has 0 amide bonds. The Morgan fingerprint density at radius 1 is 1.43 bits per heavy atom. The quantitative estimate of drug-likeness (QED) is 0.649. The number of aromatic nitrogens is 3. The fourth-order valence-corrected chi connectivity index (χ4v) is 1.19. The molecule has 0 saturated heterocycles. The van der Waals surface area contributed by atoms with Gasteiger partial charge < -0.3 is 4.40 Å². The smallest absolute Gasteiger partial charge is 0.303 e. The Morgan fingerprint density at radius 2 is 2.14 bits per heavy atom. The molecule has 0 fully saturated rings. The zero-order chi connectivity index (χ0) is 10.3. The average Bonchev–Trinajstić information content (AvgIpc) is 2.47. The van der Waals surface area contributed by atoms with E-state index in [1.807, 2.05) is 0 Å². The third-order valence-electron chi connectivity index (χ3n) is 1.71. The third-order valence-corrected chi connectivity index (χ3v) is 1.71. The molecule has 2 aromatic rings. The Bertz CT molecular complexity index is 472. The van der Waals surface area contributed by atoms with E-state index in [4.69, 9.17) is 0 Å². The van der Waals surface area contributed by atoms with Gasteiger partial charge in [-0.2, -0.15) is 13.2 Å². The van der Waals surface area contributed by atoms with Gasteiger partial charge in [-0.15, -0.1) is 0 Å². The first kappa shape index (κ1) is 8.98. The van der Waals surface area contributed by atoms with Crippen molar-refractivity contribution >= 4 is 5.65 Å². The number of rotatable bonds is 0. The molecule has 0 atom stereocenters. The number of halogens is 3. The Hall–Kier alpha value is -1.59. The summed E-state index contributed by atoms with van der Waals surface area (Å²) in [4.78, 5) is 6.90. The molecule has 0 aliphatic rings. The summed E-state index contributed by atoms with van der Waals surface area (Å²) in [5.41, 5.74) is -0.905. The molecule has 3 nitrogen and oxygen atoms in total. The van der Waals surface area contributed by atoms with Crippen LogP contribution in [0.1, 0.15) is 11.4 Å². The predicted molar refractivity (Wildman–Crippen MR) is 41.6 cm³/mol. The van der Waals surface area contributed by atoms with Crippen molar-refractivity contribution in [3.63, 3.8) is 0 Å². The minimum Gasteiger partial charge on any atom is -0.303 e. The van der Waals surface area contributed by atoms with Crippen molar-refractivity contribution in [2.75, 3.05) is 0 Å². The van der Waals surface area contributed by atoms with Crippen LogP contribution in [0.25, 0.3) is 5.65 Å². The van der Waals surface area contributed by atoms with Gasteiger partial charge in [0.25, 0.3) is 0 Å². The molecule has 0 bridgehead atoms. The third kappa shape index (κ3) is 1.32. The van der Waals surface area contributed by atoms with Gasteiger partial charge in [0.2, 0.25) is 0 Å². The highest BCUT2D eigenvalue weighted by atomic mass is 19.4. The second-order valence-corrected chi connectivity index (χ2v) is 2.83. The van der Waals surface area contributed by atoms with Gasteiger partial charge in [0.1, 0.15) is 6.20 Å². The summed E-state index contributed by atoms with van der Waals surface area (Å²) in [5.74, 6) is 0. The molecule has 0 spiro atoms. The molecular weight excluding hydrogens is 195 g/mol. The highest BCUT2D eigenvalue weighted by Crippen LogP contribution is 2.30. The van der Waals surface area contributed by atoms with Gasteiger partial charge in [-0.25, -0.2) is 9.97 Å². The summed E-state index contributed by atoms with van der Waals surface area (Å²) in [5, 5.41) is 0. The lowest BCUT2D eigenvalue weighted by Gasteiger charge is -2.07.